The number of carbonyl (C=O) groups excluding carboxylic acids is 1. The largest absolute Gasteiger partial charge is 0.362 e. The molecule has 216 valence electrons. The molecule has 5 rings (SSSR count). The summed E-state index contributed by atoms with van der Waals surface area (Å²) in [7, 11) is 0. The SMILES string of the molecule is CCCC(=O)On1c(=O)n(C2CCN(CCCC(c3ccc(F)cc3)c3ccc(F)cc3)CC2)c2ccc(Cl)cc21. The van der Waals surface area contributed by atoms with E-state index in [-0.39, 0.29) is 35.7 Å². The highest BCUT2D eigenvalue weighted by molar-refractivity contribution is 6.31. The Bertz CT molecular complexity index is 1500. The lowest BCUT2D eigenvalue weighted by atomic mass is 9.87. The molecule has 0 unspecified atom stereocenters. The van der Waals surface area contributed by atoms with Crippen LogP contribution in [0.25, 0.3) is 11.0 Å². The first-order valence-corrected chi connectivity index (χ1v) is 14.6. The molecular weight excluding hydrogens is 548 g/mol. The van der Waals surface area contributed by atoms with Crippen molar-refractivity contribution < 1.29 is 18.4 Å². The molecular formula is C32H34ClF2N3O3. The van der Waals surface area contributed by atoms with Gasteiger partial charge in [-0.25, -0.2) is 18.4 Å². The first-order chi connectivity index (χ1) is 19.8. The molecule has 0 N–H and O–H groups in total. The zero-order valence-electron chi connectivity index (χ0n) is 23.1. The van der Waals surface area contributed by atoms with E-state index in [4.69, 9.17) is 16.4 Å². The number of likely N-dealkylation sites (tertiary alicyclic amines) is 1. The number of hydrogen-bond donors (Lipinski definition) is 0. The second-order valence-electron chi connectivity index (χ2n) is 10.7. The van der Waals surface area contributed by atoms with Crippen molar-refractivity contribution in [3.63, 3.8) is 0 Å². The summed E-state index contributed by atoms with van der Waals surface area (Å²) in [4.78, 5) is 33.5. The average molecular weight is 582 g/mol. The first-order valence-electron chi connectivity index (χ1n) is 14.2. The Labute approximate surface area is 243 Å². The normalized spacial score (nSPS) is 14.7. The third kappa shape index (κ3) is 6.71. The molecule has 1 saturated heterocycles. The summed E-state index contributed by atoms with van der Waals surface area (Å²) in [5.74, 6) is -0.971. The molecule has 0 aliphatic carbocycles. The Balaban J connectivity index is 1.25. The lowest BCUT2D eigenvalue weighted by Gasteiger charge is -2.32. The van der Waals surface area contributed by atoms with Crippen molar-refractivity contribution in [1.82, 2.24) is 14.2 Å². The van der Waals surface area contributed by atoms with Gasteiger partial charge in [-0.2, -0.15) is 0 Å². The van der Waals surface area contributed by atoms with Gasteiger partial charge in [0.15, 0.2) is 0 Å². The Kier molecular flexibility index (Phi) is 9.20. The molecule has 9 heteroatoms. The number of aromatic nitrogens is 2. The van der Waals surface area contributed by atoms with Gasteiger partial charge in [0.1, 0.15) is 17.2 Å². The lowest BCUT2D eigenvalue weighted by Crippen LogP contribution is -2.39. The van der Waals surface area contributed by atoms with Crippen LogP contribution in [0.1, 0.15) is 68.5 Å². The molecule has 0 spiro atoms. The van der Waals surface area contributed by atoms with Crippen LogP contribution in [0, 0.1) is 11.6 Å². The number of piperidine rings is 1. The molecule has 4 aromatic rings. The van der Waals surface area contributed by atoms with E-state index in [1.54, 1.807) is 47.0 Å². The third-order valence-electron chi connectivity index (χ3n) is 7.88. The molecule has 41 heavy (non-hydrogen) atoms. The molecule has 1 fully saturated rings. The maximum Gasteiger partial charge on any atom is 0.362 e. The van der Waals surface area contributed by atoms with Crippen LogP contribution in [0.4, 0.5) is 8.78 Å². The van der Waals surface area contributed by atoms with Gasteiger partial charge in [-0.05, 0) is 92.2 Å². The van der Waals surface area contributed by atoms with E-state index in [9.17, 15) is 18.4 Å². The van der Waals surface area contributed by atoms with Crippen LogP contribution in [0.3, 0.4) is 0 Å². The standard InChI is InChI=1S/C32H34ClF2N3O3/c1-2-4-31(39)41-38-30-21-24(33)10-15-29(30)37(32(38)40)27-16-19-36(20-17-27)18-3-5-28(22-6-11-25(34)12-7-22)23-8-13-26(35)14-9-23/h6-15,21,27-28H,2-5,16-20H2,1H3. The van der Waals surface area contributed by atoms with E-state index in [0.717, 1.165) is 61.2 Å². The van der Waals surface area contributed by atoms with Crippen molar-refractivity contribution in [3.8, 4) is 0 Å². The Morgan fingerprint density at radius 2 is 1.56 bits per heavy atom. The van der Waals surface area contributed by atoms with Gasteiger partial charge < -0.3 is 9.74 Å². The van der Waals surface area contributed by atoms with Crippen molar-refractivity contribution in [2.45, 2.75) is 57.4 Å². The number of carbonyl (C=O) groups is 1. The number of halogens is 3. The zero-order valence-corrected chi connectivity index (χ0v) is 23.8. The summed E-state index contributed by atoms with van der Waals surface area (Å²) in [6.07, 6.45) is 4.16. The monoisotopic (exact) mass is 581 g/mol. The Morgan fingerprint density at radius 3 is 2.15 bits per heavy atom. The summed E-state index contributed by atoms with van der Waals surface area (Å²) < 4.78 is 29.9. The topological polar surface area (TPSA) is 56.5 Å². The summed E-state index contributed by atoms with van der Waals surface area (Å²) in [5.41, 5.74) is 2.83. The summed E-state index contributed by atoms with van der Waals surface area (Å²) in [6.45, 7) is 4.41. The second-order valence-corrected chi connectivity index (χ2v) is 11.1. The van der Waals surface area contributed by atoms with E-state index in [0.29, 0.717) is 22.5 Å². The minimum Gasteiger partial charge on any atom is -0.332 e. The minimum atomic E-state index is -0.456. The highest BCUT2D eigenvalue weighted by Gasteiger charge is 2.27. The Morgan fingerprint density at radius 1 is 0.951 bits per heavy atom. The predicted molar refractivity (Wildman–Crippen MR) is 156 cm³/mol. The first kappa shape index (κ1) is 29.0. The molecule has 0 atom stereocenters. The minimum absolute atomic E-state index is 0.0280. The van der Waals surface area contributed by atoms with Crippen molar-refractivity contribution in [1.29, 1.82) is 0 Å². The van der Waals surface area contributed by atoms with E-state index < -0.39 is 5.97 Å². The quantitative estimate of drug-likeness (QED) is 0.208. The third-order valence-corrected chi connectivity index (χ3v) is 8.11. The molecule has 1 aliphatic rings. The van der Waals surface area contributed by atoms with Gasteiger partial charge in [-0.3, -0.25) is 4.57 Å². The van der Waals surface area contributed by atoms with Gasteiger partial charge in [0.2, 0.25) is 0 Å². The fourth-order valence-electron chi connectivity index (χ4n) is 5.80. The van der Waals surface area contributed by atoms with Gasteiger partial charge in [-0.1, -0.05) is 42.8 Å². The molecule has 0 saturated carbocycles. The molecule has 0 bridgehead atoms. The van der Waals surface area contributed by atoms with Gasteiger partial charge in [0.25, 0.3) is 0 Å². The summed E-state index contributed by atoms with van der Waals surface area (Å²) >= 11 is 6.21. The zero-order chi connectivity index (χ0) is 28.9. The van der Waals surface area contributed by atoms with Crippen LogP contribution in [0.2, 0.25) is 5.02 Å². The smallest absolute Gasteiger partial charge is 0.332 e. The van der Waals surface area contributed by atoms with Gasteiger partial charge in [0, 0.05) is 36.5 Å². The van der Waals surface area contributed by atoms with Crippen LogP contribution < -0.4 is 10.5 Å². The highest BCUT2D eigenvalue weighted by Crippen LogP contribution is 2.31. The van der Waals surface area contributed by atoms with Crippen molar-refractivity contribution in [2.75, 3.05) is 19.6 Å². The molecule has 6 nitrogen and oxygen atoms in total. The number of rotatable bonds is 10. The fraction of sp³-hybridized carbons (Fsp3) is 0.375. The van der Waals surface area contributed by atoms with Gasteiger partial charge in [-0.15, -0.1) is 4.73 Å². The molecule has 0 amide bonds. The van der Waals surface area contributed by atoms with E-state index in [1.165, 1.54) is 24.3 Å². The number of hydrogen-bond acceptors (Lipinski definition) is 4. The molecule has 1 aromatic heterocycles. The maximum atomic E-state index is 13.6. The van der Waals surface area contributed by atoms with Crippen LogP contribution >= 0.6 is 11.6 Å². The van der Waals surface area contributed by atoms with Gasteiger partial charge >= 0.3 is 11.7 Å². The maximum absolute atomic E-state index is 13.6. The van der Waals surface area contributed by atoms with Crippen LogP contribution in [-0.2, 0) is 4.79 Å². The second kappa shape index (κ2) is 13.0. The molecule has 2 heterocycles. The van der Waals surface area contributed by atoms with E-state index in [1.807, 2.05) is 6.92 Å². The van der Waals surface area contributed by atoms with Crippen LogP contribution in [0.5, 0.6) is 0 Å². The van der Waals surface area contributed by atoms with Crippen LogP contribution in [0.15, 0.2) is 71.5 Å². The molecule has 3 aromatic carbocycles. The fourth-order valence-corrected chi connectivity index (χ4v) is 5.96. The average Bonchev–Trinajstić information content (AvgIpc) is 3.23. The van der Waals surface area contributed by atoms with Crippen molar-refractivity contribution in [3.05, 3.63) is 105 Å². The number of fused-ring (bicyclic) bond motifs is 1. The molecule has 0 radical (unpaired) electrons. The van der Waals surface area contributed by atoms with E-state index in [2.05, 4.69) is 4.90 Å². The van der Waals surface area contributed by atoms with Crippen molar-refractivity contribution in [2.24, 2.45) is 0 Å². The highest BCUT2D eigenvalue weighted by atomic mass is 35.5. The van der Waals surface area contributed by atoms with Crippen molar-refractivity contribution >= 4 is 28.6 Å². The number of nitrogens with zero attached hydrogens (tertiary/aromatic N) is 3. The molecule has 1 aliphatic heterocycles. The predicted octanol–water partition coefficient (Wildman–Crippen LogP) is 6.74. The van der Waals surface area contributed by atoms with Gasteiger partial charge in [0.05, 0.1) is 5.52 Å². The van der Waals surface area contributed by atoms with Crippen LogP contribution in [-0.4, -0.2) is 39.8 Å². The summed E-state index contributed by atoms with van der Waals surface area (Å²) in [5, 5.41) is 0.462. The Hall–Kier alpha value is -3.49. The van der Waals surface area contributed by atoms with E-state index >= 15 is 0 Å². The number of benzene rings is 3. The summed E-state index contributed by atoms with van der Waals surface area (Å²) in [6, 6.07) is 18.2. The lowest BCUT2D eigenvalue weighted by molar-refractivity contribution is -0.144. The number of imidazole rings is 1.